The maximum absolute atomic E-state index is 12.8. The first kappa shape index (κ1) is 16.7. The molecule has 1 amide bonds. The van der Waals surface area contributed by atoms with Crippen LogP contribution in [0.1, 0.15) is 34.6 Å². The van der Waals surface area contributed by atoms with Crippen molar-refractivity contribution in [2.24, 2.45) is 5.92 Å². The summed E-state index contributed by atoms with van der Waals surface area (Å²) in [7, 11) is 0. The highest BCUT2D eigenvalue weighted by molar-refractivity contribution is 5.97. The number of carbonyl (C=O) groups excluding carboxylic acids is 1. The molecule has 1 fully saturated rings. The summed E-state index contributed by atoms with van der Waals surface area (Å²) in [6, 6.07) is 7.67. The minimum Gasteiger partial charge on any atom is -0.339 e. The summed E-state index contributed by atoms with van der Waals surface area (Å²) >= 11 is 0. The summed E-state index contributed by atoms with van der Waals surface area (Å²) in [5.74, 6) is 0.654. The number of amides is 1. The Balaban J connectivity index is 1.40. The van der Waals surface area contributed by atoms with Crippen molar-refractivity contribution in [3.63, 3.8) is 0 Å². The molecule has 1 aromatic carbocycles. The molecule has 0 radical (unpaired) electrons. The third-order valence-electron chi connectivity index (χ3n) is 5.15. The van der Waals surface area contributed by atoms with E-state index in [0.717, 1.165) is 49.2 Å². The van der Waals surface area contributed by atoms with Crippen LogP contribution in [0, 0.1) is 19.8 Å². The van der Waals surface area contributed by atoms with Gasteiger partial charge in [0.15, 0.2) is 0 Å². The Kier molecular flexibility index (Phi) is 4.41. The average Bonchev–Trinajstić information content (AvgIpc) is 2.98. The van der Waals surface area contributed by atoms with Crippen molar-refractivity contribution < 1.29 is 4.79 Å². The predicted molar refractivity (Wildman–Crippen MR) is 99.9 cm³/mol. The van der Waals surface area contributed by atoms with E-state index < -0.39 is 0 Å². The molecule has 3 heterocycles. The monoisotopic (exact) mass is 349 g/mol. The molecule has 0 N–H and O–H groups in total. The second-order valence-electron chi connectivity index (χ2n) is 7.10. The van der Waals surface area contributed by atoms with E-state index >= 15 is 0 Å². The summed E-state index contributed by atoms with van der Waals surface area (Å²) in [6.07, 6.45) is 5.34. The molecule has 6 heteroatoms. The molecule has 6 nitrogen and oxygen atoms in total. The van der Waals surface area contributed by atoms with E-state index in [2.05, 4.69) is 32.7 Å². The molecule has 0 saturated carbocycles. The Morgan fingerprint density at radius 2 is 1.81 bits per heavy atom. The molecule has 0 bridgehead atoms. The van der Waals surface area contributed by atoms with Crippen molar-refractivity contribution in [1.29, 1.82) is 0 Å². The molecule has 4 rings (SSSR count). The van der Waals surface area contributed by atoms with Gasteiger partial charge in [0.1, 0.15) is 0 Å². The van der Waals surface area contributed by atoms with Gasteiger partial charge in [0.2, 0.25) is 0 Å². The molecule has 2 aromatic heterocycles. The third kappa shape index (κ3) is 3.31. The van der Waals surface area contributed by atoms with E-state index in [0.29, 0.717) is 11.5 Å². The fraction of sp³-hybridized carbons (Fsp3) is 0.400. The molecule has 1 saturated heterocycles. The topological polar surface area (TPSA) is 63.9 Å². The van der Waals surface area contributed by atoms with Gasteiger partial charge in [-0.3, -0.25) is 19.4 Å². The first-order valence-corrected chi connectivity index (χ1v) is 9.11. The Labute approximate surface area is 152 Å². The minimum absolute atomic E-state index is 0.0853. The van der Waals surface area contributed by atoms with Crippen molar-refractivity contribution in [3.8, 4) is 0 Å². The molecule has 0 aliphatic carbocycles. The lowest BCUT2D eigenvalue weighted by Gasteiger charge is -2.32. The summed E-state index contributed by atoms with van der Waals surface area (Å²) in [5, 5.41) is 4.56. The molecule has 0 unspecified atom stereocenters. The van der Waals surface area contributed by atoms with Crippen LogP contribution < -0.4 is 0 Å². The maximum atomic E-state index is 12.8. The molecule has 1 aliphatic heterocycles. The van der Waals surface area contributed by atoms with Crippen LogP contribution in [0.4, 0.5) is 0 Å². The molecular weight excluding hydrogens is 326 g/mol. The van der Waals surface area contributed by atoms with Crippen LogP contribution >= 0.6 is 0 Å². The van der Waals surface area contributed by atoms with Gasteiger partial charge in [0.05, 0.1) is 16.7 Å². The number of benzene rings is 1. The van der Waals surface area contributed by atoms with Crippen LogP contribution in [0.5, 0.6) is 0 Å². The third-order valence-corrected chi connectivity index (χ3v) is 5.15. The Morgan fingerprint density at radius 3 is 2.50 bits per heavy atom. The zero-order chi connectivity index (χ0) is 18.1. The summed E-state index contributed by atoms with van der Waals surface area (Å²) in [5.41, 5.74) is 4.54. The molecule has 3 aromatic rings. The molecule has 26 heavy (non-hydrogen) atoms. The lowest BCUT2D eigenvalue weighted by atomic mass is 9.96. The van der Waals surface area contributed by atoms with E-state index in [4.69, 9.17) is 0 Å². The van der Waals surface area contributed by atoms with Gasteiger partial charge < -0.3 is 4.90 Å². The Hall–Kier alpha value is -2.76. The standard InChI is InChI=1S/C20H23N5O/c1-14-11-15(2)25(23-14)13-16-5-9-24(10-6-16)20(26)17-3-4-18-19(12-17)22-8-7-21-18/h3-4,7-8,11-12,16H,5-6,9-10,13H2,1-2H3. The fourth-order valence-electron chi connectivity index (χ4n) is 3.70. The Bertz CT molecular complexity index is 940. The normalized spacial score (nSPS) is 15.5. The van der Waals surface area contributed by atoms with Crippen molar-refractivity contribution in [2.75, 3.05) is 13.1 Å². The molecular formula is C20H23N5O. The number of aromatic nitrogens is 4. The number of rotatable bonds is 3. The SMILES string of the molecule is Cc1cc(C)n(CC2CCN(C(=O)c3ccc4nccnc4c3)CC2)n1. The van der Waals surface area contributed by atoms with Gasteiger partial charge >= 0.3 is 0 Å². The number of likely N-dealkylation sites (tertiary alicyclic amines) is 1. The lowest BCUT2D eigenvalue weighted by molar-refractivity contribution is 0.0681. The molecule has 0 spiro atoms. The van der Waals surface area contributed by atoms with Gasteiger partial charge in [-0.25, -0.2) is 0 Å². The van der Waals surface area contributed by atoms with Crippen LogP contribution in [0.25, 0.3) is 11.0 Å². The fourth-order valence-corrected chi connectivity index (χ4v) is 3.70. The Morgan fingerprint density at radius 1 is 1.08 bits per heavy atom. The molecule has 134 valence electrons. The molecule has 0 atom stereocenters. The van der Waals surface area contributed by atoms with Crippen molar-refractivity contribution in [3.05, 3.63) is 53.6 Å². The number of fused-ring (bicyclic) bond motifs is 1. The number of nitrogens with zero attached hydrogens (tertiary/aromatic N) is 5. The second kappa shape index (κ2) is 6.86. The first-order valence-electron chi connectivity index (χ1n) is 9.11. The smallest absolute Gasteiger partial charge is 0.253 e. The highest BCUT2D eigenvalue weighted by Gasteiger charge is 2.24. The van der Waals surface area contributed by atoms with Gasteiger partial charge in [-0.2, -0.15) is 5.10 Å². The van der Waals surface area contributed by atoms with Crippen LogP contribution in [-0.4, -0.2) is 43.6 Å². The van der Waals surface area contributed by atoms with E-state index in [9.17, 15) is 4.79 Å². The van der Waals surface area contributed by atoms with E-state index in [1.807, 2.05) is 30.0 Å². The van der Waals surface area contributed by atoms with Gasteiger partial charge in [-0.05, 0) is 56.9 Å². The largest absolute Gasteiger partial charge is 0.339 e. The number of hydrogen-bond donors (Lipinski definition) is 0. The van der Waals surface area contributed by atoms with Gasteiger partial charge in [0.25, 0.3) is 5.91 Å². The average molecular weight is 349 g/mol. The summed E-state index contributed by atoms with van der Waals surface area (Å²) in [4.78, 5) is 23.3. The minimum atomic E-state index is 0.0853. The lowest BCUT2D eigenvalue weighted by Crippen LogP contribution is -2.39. The predicted octanol–water partition coefficient (Wildman–Crippen LogP) is 3.00. The first-order chi connectivity index (χ1) is 12.6. The number of hydrogen-bond acceptors (Lipinski definition) is 4. The van der Waals surface area contributed by atoms with Crippen LogP contribution in [0.15, 0.2) is 36.7 Å². The van der Waals surface area contributed by atoms with Gasteiger partial charge in [0, 0.05) is 43.3 Å². The second-order valence-corrected chi connectivity index (χ2v) is 7.10. The zero-order valence-electron chi connectivity index (χ0n) is 15.2. The van der Waals surface area contributed by atoms with Gasteiger partial charge in [-0.1, -0.05) is 0 Å². The number of carbonyl (C=O) groups is 1. The quantitative estimate of drug-likeness (QED) is 0.729. The van der Waals surface area contributed by atoms with Crippen molar-refractivity contribution in [2.45, 2.75) is 33.2 Å². The summed E-state index contributed by atoms with van der Waals surface area (Å²) < 4.78 is 2.10. The van der Waals surface area contributed by atoms with Crippen LogP contribution in [0.2, 0.25) is 0 Å². The number of aryl methyl sites for hydroxylation is 2. The van der Waals surface area contributed by atoms with E-state index in [1.54, 1.807) is 12.4 Å². The number of piperidine rings is 1. The van der Waals surface area contributed by atoms with E-state index in [-0.39, 0.29) is 5.91 Å². The summed E-state index contributed by atoms with van der Waals surface area (Å²) in [6.45, 7) is 6.65. The van der Waals surface area contributed by atoms with Crippen LogP contribution in [0.3, 0.4) is 0 Å². The highest BCUT2D eigenvalue weighted by Crippen LogP contribution is 2.22. The van der Waals surface area contributed by atoms with Crippen molar-refractivity contribution in [1.82, 2.24) is 24.6 Å². The zero-order valence-corrected chi connectivity index (χ0v) is 15.2. The van der Waals surface area contributed by atoms with Crippen molar-refractivity contribution >= 4 is 16.9 Å². The van der Waals surface area contributed by atoms with Gasteiger partial charge in [-0.15, -0.1) is 0 Å². The maximum Gasteiger partial charge on any atom is 0.253 e. The molecule has 1 aliphatic rings. The highest BCUT2D eigenvalue weighted by atomic mass is 16.2. The van der Waals surface area contributed by atoms with E-state index in [1.165, 1.54) is 5.69 Å². The van der Waals surface area contributed by atoms with Crippen LogP contribution in [-0.2, 0) is 6.54 Å².